The van der Waals surface area contributed by atoms with Gasteiger partial charge in [-0.1, -0.05) is 49.4 Å². The summed E-state index contributed by atoms with van der Waals surface area (Å²) in [7, 11) is 0. The number of aryl methyl sites for hydroxylation is 1. The molecule has 1 unspecified atom stereocenters. The predicted molar refractivity (Wildman–Crippen MR) is 129 cm³/mol. The van der Waals surface area contributed by atoms with Gasteiger partial charge in [0.25, 0.3) is 0 Å². The molecule has 170 valence electrons. The highest BCUT2D eigenvalue weighted by atomic mass is 16.5. The number of hydrogen-bond donors (Lipinski definition) is 3. The van der Waals surface area contributed by atoms with Crippen molar-refractivity contribution < 1.29 is 20.1 Å². The van der Waals surface area contributed by atoms with Crippen LogP contribution in [0.25, 0.3) is 11.1 Å². The molecule has 0 saturated carbocycles. The van der Waals surface area contributed by atoms with Gasteiger partial charge in [0.2, 0.25) is 0 Å². The Hall–Kier alpha value is -2.66. The van der Waals surface area contributed by atoms with Crippen LogP contribution in [-0.2, 0) is 19.8 Å². The van der Waals surface area contributed by atoms with Crippen LogP contribution in [0.15, 0.2) is 54.6 Å². The Morgan fingerprint density at radius 2 is 1.62 bits per heavy atom. The van der Waals surface area contributed by atoms with Gasteiger partial charge in [-0.2, -0.15) is 0 Å². The van der Waals surface area contributed by atoms with E-state index in [2.05, 4.69) is 45.0 Å². The van der Waals surface area contributed by atoms with Crippen molar-refractivity contribution in [3.05, 3.63) is 88.0 Å². The quantitative estimate of drug-likeness (QED) is 0.399. The SMILES string of the molecule is CCC(CCO)c1ccc(-c2cccc(OCc3ccc(CO)c(CO)c3)c2C)c(C)c1. The Labute approximate surface area is 191 Å². The molecule has 4 nitrogen and oxygen atoms in total. The van der Waals surface area contributed by atoms with Crippen molar-refractivity contribution in [3.8, 4) is 16.9 Å². The minimum Gasteiger partial charge on any atom is -0.489 e. The van der Waals surface area contributed by atoms with Crippen molar-refractivity contribution >= 4 is 0 Å². The third kappa shape index (κ3) is 5.39. The molecule has 3 aromatic carbocycles. The Morgan fingerprint density at radius 3 is 2.28 bits per heavy atom. The minimum absolute atomic E-state index is 0.0880. The number of benzene rings is 3. The molecule has 0 amide bonds. The first-order valence-corrected chi connectivity index (χ1v) is 11.3. The van der Waals surface area contributed by atoms with Gasteiger partial charge < -0.3 is 20.1 Å². The average molecular weight is 435 g/mol. The average Bonchev–Trinajstić information content (AvgIpc) is 2.82. The molecule has 3 rings (SSSR count). The van der Waals surface area contributed by atoms with Crippen LogP contribution in [0.5, 0.6) is 5.75 Å². The Kier molecular flexibility index (Phi) is 8.46. The van der Waals surface area contributed by atoms with E-state index in [1.165, 1.54) is 16.7 Å². The second kappa shape index (κ2) is 11.3. The van der Waals surface area contributed by atoms with E-state index in [1.807, 2.05) is 30.3 Å². The molecule has 0 heterocycles. The molecule has 3 N–H and O–H groups in total. The molecule has 0 bridgehead atoms. The lowest BCUT2D eigenvalue weighted by molar-refractivity contribution is 0.259. The maximum absolute atomic E-state index is 9.53. The summed E-state index contributed by atoms with van der Waals surface area (Å²) in [6.45, 7) is 6.78. The summed E-state index contributed by atoms with van der Waals surface area (Å²) in [5, 5.41) is 28.3. The van der Waals surface area contributed by atoms with Gasteiger partial charge in [-0.25, -0.2) is 0 Å². The van der Waals surface area contributed by atoms with Gasteiger partial charge >= 0.3 is 0 Å². The third-order valence-corrected chi connectivity index (χ3v) is 6.27. The molecule has 0 aliphatic heterocycles. The lowest BCUT2D eigenvalue weighted by Gasteiger charge is -2.18. The van der Waals surface area contributed by atoms with E-state index in [9.17, 15) is 15.3 Å². The zero-order chi connectivity index (χ0) is 23.1. The van der Waals surface area contributed by atoms with E-state index in [1.54, 1.807) is 0 Å². The molecular weight excluding hydrogens is 400 g/mol. The highest BCUT2D eigenvalue weighted by Crippen LogP contribution is 2.34. The lowest BCUT2D eigenvalue weighted by atomic mass is 9.88. The standard InChI is InChI=1S/C28H34O4/c1-4-22(12-13-29)23-10-11-26(19(2)14-23)27-6-5-7-28(20(27)3)32-18-21-8-9-24(16-30)25(15-21)17-31/h5-11,14-15,22,29-31H,4,12-13,16-18H2,1-3H3. The van der Waals surface area contributed by atoms with Crippen molar-refractivity contribution in [2.75, 3.05) is 6.61 Å². The summed E-state index contributed by atoms with van der Waals surface area (Å²) in [5.41, 5.74) is 8.31. The Bertz CT molecular complexity index is 1040. The zero-order valence-electron chi connectivity index (χ0n) is 19.3. The summed E-state index contributed by atoms with van der Waals surface area (Å²) in [4.78, 5) is 0. The fraction of sp³-hybridized carbons (Fsp3) is 0.357. The monoisotopic (exact) mass is 434 g/mol. The van der Waals surface area contributed by atoms with Gasteiger partial charge in [-0.15, -0.1) is 0 Å². The van der Waals surface area contributed by atoms with Gasteiger partial charge in [0.15, 0.2) is 0 Å². The molecule has 0 radical (unpaired) electrons. The molecule has 4 heteroatoms. The molecule has 0 aromatic heterocycles. The Balaban J connectivity index is 1.83. The van der Waals surface area contributed by atoms with E-state index >= 15 is 0 Å². The maximum Gasteiger partial charge on any atom is 0.123 e. The number of ether oxygens (including phenoxy) is 1. The van der Waals surface area contributed by atoms with Gasteiger partial charge in [0.05, 0.1) is 13.2 Å². The molecule has 3 aromatic rings. The highest BCUT2D eigenvalue weighted by molar-refractivity contribution is 5.73. The summed E-state index contributed by atoms with van der Waals surface area (Å²) in [5.74, 6) is 1.21. The first-order chi connectivity index (χ1) is 15.5. The largest absolute Gasteiger partial charge is 0.489 e. The maximum atomic E-state index is 9.53. The summed E-state index contributed by atoms with van der Waals surface area (Å²) >= 11 is 0. The zero-order valence-corrected chi connectivity index (χ0v) is 19.3. The van der Waals surface area contributed by atoms with Gasteiger partial charge in [0.1, 0.15) is 12.4 Å². The van der Waals surface area contributed by atoms with Crippen LogP contribution in [0.4, 0.5) is 0 Å². The second-order valence-corrected chi connectivity index (χ2v) is 8.33. The fourth-order valence-electron chi connectivity index (χ4n) is 4.30. The van der Waals surface area contributed by atoms with Gasteiger partial charge in [-0.05, 0) is 89.2 Å². The number of aliphatic hydroxyl groups is 3. The minimum atomic E-state index is -0.106. The first kappa shape index (κ1) is 24.0. The van der Waals surface area contributed by atoms with Crippen molar-refractivity contribution in [1.82, 2.24) is 0 Å². The fourth-order valence-corrected chi connectivity index (χ4v) is 4.30. The van der Waals surface area contributed by atoms with E-state index in [4.69, 9.17) is 4.74 Å². The van der Waals surface area contributed by atoms with Crippen molar-refractivity contribution in [1.29, 1.82) is 0 Å². The lowest BCUT2D eigenvalue weighted by Crippen LogP contribution is -2.02. The van der Waals surface area contributed by atoms with Crippen LogP contribution < -0.4 is 4.74 Å². The normalized spacial score (nSPS) is 12.1. The molecular formula is C28H34O4. The summed E-state index contributed by atoms with van der Waals surface area (Å²) in [6, 6.07) is 18.3. The number of rotatable bonds is 10. The molecule has 0 aliphatic carbocycles. The van der Waals surface area contributed by atoms with Gasteiger partial charge in [-0.3, -0.25) is 0 Å². The van der Waals surface area contributed by atoms with Crippen molar-refractivity contribution in [2.24, 2.45) is 0 Å². The van der Waals surface area contributed by atoms with Crippen LogP contribution >= 0.6 is 0 Å². The second-order valence-electron chi connectivity index (χ2n) is 8.33. The molecule has 0 spiro atoms. The summed E-state index contributed by atoms with van der Waals surface area (Å²) in [6.07, 6.45) is 1.80. The molecule has 0 aliphatic rings. The highest BCUT2D eigenvalue weighted by Gasteiger charge is 2.14. The van der Waals surface area contributed by atoms with E-state index in [-0.39, 0.29) is 19.8 Å². The van der Waals surface area contributed by atoms with Crippen molar-refractivity contribution in [3.63, 3.8) is 0 Å². The van der Waals surface area contributed by atoms with Gasteiger partial charge in [0, 0.05) is 6.61 Å². The van der Waals surface area contributed by atoms with Crippen LogP contribution in [0.3, 0.4) is 0 Å². The molecule has 32 heavy (non-hydrogen) atoms. The Morgan fingerprint density at radius 1 is 0.844 bits per heavy atom. The molecule has 0 saturated heterocycles. The van der Waals surface area contributed by atoms with E-state index in [0.717, 1.165) is 46.4 Å². The summed E-state index contributed by atoms with van der Waals surface area (Å²) < 4.78 is 6.14. The van der Waals surface area contributed by atoms with Crippen LogP contribution in [0, 0.1) is 13.8 Å². The van der Waals surface area contributed by atoms with E-state index in [0.29, 0.717) is 12.5 Å². The predicted octanol–water partition coefficient (Wildman–Crippen LogP) is 5.41. The number of hydrogen-bond acceptors (Lipinski definition) is 4. The third-order valence-electron chi connectivity index (χ3n) is 6.27. The van der Waals surface area contributed by atoms with Crippen LogP contribution in [0.1, 0.15) is 59.1 Å². The molecule has 1 atom stereocenters. The topological polar surface area (TPSA) is 69.9 Å². The van der Waals surface area contributed by atoms with Crippen LogP contribution in [0.2, 0.25) is 0 Å². The van der Waals surface area contributed by atoms with E-state index < -0.39 is 0 Å². The number of aliphatic hydroxyl groups excluding tert-OH is 3. The van der Waals surface area contributed by atoms with Crippen molar-refractivity contribution in [2.45, 2.75) is 59.4 Å². The molecule has 0 fully saturated rings. The first-order valence-electron chi connectivity index (χ1n) is 11.3. The van der Waals surface area contributed by atoms with Crippen LogP contribution in [-0.4, -0.2) is 21.9 Å². The smallest absolute Gasteiger partial charge is 0.123 e.